The van der Waals surface area contributed by atoms with Crippen LogP contribution in [0.25, 0.3) is 0 Å². The molecule has 1 heterocycles. The zero-order valence-electron chi connectivity index (χ0n) is 15.7. The van der Waals surface area contributed by atoms with E-state index in [9.17, 15) is 0 Å². The van der Waals surface area contributed by atoms with E-state index in [1.165, 1.54) is 0 Å². The molecule has 3 atom stereocenters. The average molecular weight is 299 g/mol. The molecule has 1 fully saturated rings. The van der Waals surface area contributed by atoms with Gasteiger partial charge in [0, 0.05) is 18.6 Å². The Morgan fingerprint density at radius 3 is 2.10 bits per heavy atom. The molecule has 0 aromatic carbocycles. The lowest BCUT2D eigenvalue weighted by Crippen LogP contribution is -2.55. The standard InChI is InChI=1S/C18H37NO2/c1-10-19-14(15(20-11-2)16(3,4)5)13-12-17(6,7)21-18(13,8)9/h13-15,19H,10-12H2,1-9H3. The second kappa shape index (κ2) is 6.55. The van der Waals surface area contributed by atoms with Crippen LogP contribution >= 0.6 is 0 Å². The molecule has 0 aromatic rings. The van der Waals surface area contributed by atoms with E-state index in [4.69, 9.17) is 9.47 Å². The van der Waals surface area contributed by atoms with Crippen LogP contribution in [0.1, 0.15) is 68.7 Å². The Hall–Kier alpha value is -0.120. The lowest BCUT2D eigenvalue weighted by molar-refractivity contribution is -0.0973. The van der Waals surface area contributed by atoms with Gasteiger partial charge in [0.05, 0.1) is 17.3 Å². The van der Waals surface area contributed by atoms with Crippen LogP contribution in [0, 0.1) is 11.3 Å². The molecule has 0 saturated carbocycles. The topological polar surface area (TPSA) is 30.5 Å². The minimum Gasteiger partial charge on any atom is -0.376 e. The molecule has 0 aliphatic carbocycles. The highest BCUT2D eigenvalue weighted by Gasteiger charge is 2.52. The molecule has 1 aliphatic heterocycles. The minimum atomic E-state index is -0.128. The van der Waals surface area contributed by atoms with Gasteiger partial charge in [-0.2, -0.15) is 0 Å². The van der Waals surface area contributed by atoms with Crippen molar-refractivity contribution in [2.75, 3.05) is 13.2 Å². The first kappa shape index (κ1) is 18.9. The molecule has 1 rings (SSSR count). The average Bonchev–Trinajstić information content (AvgIpc) is 2.50. The molecule has 0 spiro atoms. The van der Waals surface area contributed by atoms with Crippen LogP contribution in [0.15, 0.2) is 0 Å². The van der Waals surface area contributed by atoms with Crippen LogP contribution < -0.4 is 5.32 Å². The summed E-state index contributed by atoms with van der Waals surface area (Å²) in [5.41, 5.74) is -0.0842. The first-order valence-corrected chi connectivity index (χ1v) is 8.49. The molecule has 1 aliphatic rings. The Morgan fingerprint density at radius 1 is 1.19 bits per heavy atom. The second-order valence-electron chi connectivity index (χ2n) is 8.60. The van der Waals surface area contributed by atoms with Crippen molar-refractivity contribution in [3.05, 3.63) is 0 Å². The van der Waals surface area contributed by atoms with E-state index in [0.29, 0.717) is 12.0 Å². The van der Waals surface area contributed by atoms with Gasteiger partial charge in [-0.05, 0) is 53.0 Å². The Labute approximate surface area is 132 Å². The van der Waals surface area contributed by atoms with Crippen LogP contribution in [0.3, 0.4) is 0 Å². The Bertz CT molecular complexity index is 331. The summed E-state index contributed by atoms with van der Waals surface area (Å²) in [5.74, 6) is 0.447. The fraction of sp³-hybridized carbons (Fsp3) is 1.00. The summed E-state index contributed by atoms with van der Waals surface area (Å²) in [6.07, 6.45) is 1.25. The monoisotopic (exact) mass is 299 g/mol. The number of nitrogens with one attached hydrogen (secondary N) is 1. The van der Waals surface area contributed by atoms with E-state index in [0.717, 1.165) is 19.6 Å². The van der Waals surface area contributed by atoms with Gasteiger partial charge < -0.3 is 14.8 Å². The first-order chi connectivity index (χ1) is 9.44. The third-order valence-corrected chi connectivity index (χ3v) is 4.54. The van der Waals surface area contributed by atoms with Gasteiger partial charge in [0.2, 0.25) is 0 Å². The molecule has 3 heteroatoms. The summed E-state index contributed by atoms with van der Waals surface area (Å²) in [6.45, 7) is 21.6. The largest absolute Gasteiger partial charge is 0.376 e. The van der Waals surface area contributed by atoms with Gasteiger partial charge in [-0.3, -0.25) is 0 Å². The molecule has 3 unspecified atom stereocenters. The van der Waals surface area contributed by atoms with Crippen LogP contribution in [0.5, 0.6) is 0 Å². The summed E-state index contributed by atoms with van der Waals surface area (Å²) in [6, 6.07) is 0.312. The van der Waals surface area contributed by atoms with E-state index in [-0.39, 0.29) is 22.7 Å². The summed E-state index contributed by atoms with van der Waals surface area (Å²) in [4.78, 5) is 0. The van der Waals surface area contributed by atoms with E-state index in [1.54, 1.807) is 0 Å². The van der Waals surface area contributed by atoms with Gasteiger partial charge in [-0.25, -0.2) is 0 Å². The van der Waals surface area contributed by atoms with Gasteiger partial charge in [-0.15, -0.1) is 0 Å². The SMILES string of the molecule is CCNC(C(OCC)C(C)(C)C)C1CC(C)(C)OC1(C)C. The highest BCUT2D eigenvalue weighted by Crippen LogP contribution is 2.46. The van der Waals surface area contributed by atoms with Crippen LogP contribution in [0.4, 0.5) is 0 Å². The van der Waals surface area contributed by atoms with Gasteiger partial charge in [0.25, 0.3) is 0 Å². The number of hydrogen-bond donors (Lipinski definition) is 1. The smallest absolute Gasteiger partial charge is 0.0779 e. The molecule has 126 valence electrons. The van der Waals surface area contributed by atoms with Crippen molar-refractivity contribution in [3.8, 4) is 0 Å². The predicted octanol–water partition coefficient (Wildman–Crippen LogP) is 4.01. The zero-order valence-corrected chi connectivity index (χ0v) is 15.7. The number of likely N-dealkylation sites (N-methyl/N-ethyl adjacent to an activating group) is 1. The minimum absolute atomic E-state index is 0.0590. The lowest BCUT2D eigenvalue weighted by Gasteiger charge is -2.43. The predicted molar refractivity (Wildman–Crippen MR) is 89.7 cm³/mol. The maximum Gasteiger partial charge on any atom is 0.0779 e. The highest BCUT2D eigenvalue weighted by atomic mass is 16.5. The summed E-state index contributed by atoms with van der Waals surface area (Å²) in [5, 5.41) is 3.70. The van der Waals surface area contributed by atoms with Gasteiger partial charge in [-0.1, -0.05) is 27.7 Å². The summed E-state index contributed by atoms with van der Waals surface area (Å²) in [7, 11) is 0. The molecular weight excluding hydrogens is 262 g/mol. The molecule has 3 nitrogen and oxygen atoms in total. The van der Waals surface area contributed by atoms with Gasteiger partial charge >= 0.3 is 0 Å². The molecular formula is C18H37NO2. The van der Waals surface area contributed by atoms with Crippen molar-refractivity contribution in [2.24, 2.45) is 11.3 Å². The molecule has 0 aromatic heterocycles. The maximum atomic E-state index is 6.32. The van der Waals surface area contributed by atoms with Gasteiger partial charge in [0.1, 0.15) is 0 Å². The third-order valence-electron chi connectivity index (χ3n) is 4.54. The summed E-state index contributed by atoms with van der Waals surface area (Å²) >= 11 is 0. The molecule has 21 heavy (non-hydrogen) atoms. The normalized spacial score (nSPS) is 27.6. The molecule has 1 N–H and O–H groups in total. The number of ether oxygens (including phenoxy) is 2. The number of hydrogen-bond acceptors (Lipinski definition) is 3. The van der Waals surface area contributed by atoms with E-state index >= 15 is 0 Å². The Balaban J connectivity index is 3.10. The second-order valence-corrected chi connectivity index (χ2v) is 8.60. The van der Waals surface area contributed by atoms with E-state index < -0.39 is 0 Å². The van der Waals surface area contributed by atoms with Gasteiger partial charge in [0.15, 0.2) is 0 Å². The lowest BCUT2D eigenvalue weighted by atomic mass is 9.73. The summed E-state index contributed by atoms with van der Waals surface area (Å²) < 4.78 is 12.5. The van der Waals surface area contributed by atoms with Crippen molar-refractivity contribution in [3.63, 3.8) is 0 Å². The van der Waals surface area contributed by atoms with Crippen LogP contribution in [-0.4, -0.2) is 36.5 Å². The van der Waals surface area contributed by atoms with Crippen LogP contribution in [-0.2, 0) is 9.47 Å². The fourth-order valence-electron chi connectivity index (χ4n) is 3.93. The van der Waals surface area contributed by atoms with E-state index in [2.05, 4.69) is 67.6 Å². The first-order valence-electron chi connectivity index (χ1n) is 8.49. The van der Waals surface area contributed by atoms with Crippen molar-refractivity contribution < 1.29 is 9.47 Å². The maximum absolute atomic E-state index is 6.32. The molecule has 0 bridgehead atoms. The fourth-order valence-corrected chi connectivity index (χ4v) is 3.93. The van der Waals surface area contributed by atoms with Crippen LogP contribution in [0.2, 0.25) is 0 Å². The third kappa shape index (κ3) is 4.67. The quantitative estimate of drug-likeness (QED) is 0.804. The number of rotatable bonds is 6. The molecule has 0 radical (unpaired) electrons. The van der Waals surface area contributed by atoms with Crippen molar-refractivity contribution in [1.82, 2.24) is 5.32 Å². The highest BCUT2D eigenvalue weighted by molar-refractivity contribution is 5.03. The Morgan fingerprint density at radius 2 is 1.76 bits per heavy atom. The zero-order chi connectivity index (χ0) is 16.5. The van der Waals surface area contributed by atoms with Crippen molar-refractivity contribution >= 4 is 0 Å². The Kier molecular flexibility index (Phi) is 5.91. The van der Waals surface area contributed by atoms with Crippen molar-refractivity contribution in [1.29, 1.82) is 0 Å². The molecule has 1 saturated heterocycles. The van der Waals surface area contributed by atoms with Crippen molar-refractivity contribution in [2.45, 2.75) is 92.1 Å². The van der Waals surface area contributed by atoms with E-state index in [1.807, 2.05) is 0 Å². The molecule has 0 amide bonds.